The molecular formula is C17H19IO2S. The average molecular weight is 414 g/mol. The third-order valence-corrected chi connectivity index (χ3v) is 6.32. The van der Waals surface area contributed by atoms with E-state index in [-0.39, 0.29) is 6.10 Å². The number of aryl methyl sites for hydroxylation is 2. The highest BCUT2D eigenvalue weighted by Gasteiger charge is 2.18. The predicted octanol–water partition coefficient (Wildman–Crippen LogP) is 4.40. The smallest absolute Gasteiger partial charge is 0.0950 e. The summed E-state index contributed by atoms with van der Waals surface area (Å²) in [7, 11) is 0.611. The van der Waals surface area contributed by atoms with Crippen molar-refractivity contribution in [3.8, 4) is 0 Å². The molecule has 0 heterocycles. The van der Waals surface area contributed by atoms with Crippen molar-refractivity contribution in [2.75, 3.05) is 12.9 Å². The highest BCUT2D eigenvalue weighted by molar-refractivity contribution is 14.1. The molecule has 0 aliphatic carbocycles. The van der Waals surface area contributed by atoms with Crippen molar-refractivity contribution in [2.45, 2.75) is 24.8 Å². The number of hydrogen-bond donors (Lipinski definition) is 0. The molecule has 0 aliphatic rings. The SMILES string of the molecule is CO[C@@H](C[S@@](=O)c1ccc(C)cc1)c1cccc(C)c1I. The molecule has 0 aromatic heterocycles. The van der Waals surface area contributed by atoms with E-state index in [9.17, 15) is 4.21 Å². The van der Waals surface area contributed by atoms with Crippen molar-refractivity contribution in [3.63, 3.8) is 0 Å². The van der Waals surface area contributed by atoms with E-state index < -0.39 is 10.8 Å². The summed E-state index contributed by atoms with van der Waals surface area (Å²) in [6.07, 6.45) is -0.154. The van der Waals surface area contributed by atoms with Gasteiger partial charge in [-0.3, -0.25) is 4.21 Å². The number of rotatable bonds is 5. The van der Waals surface area contributed by atoms with E-state index in [0.29, 0.717) is 5.75 Å². The Labute approximate surface area is 142 Å². The Balaban J connectivity index is 2.21. The summed E-state index contributed by atoms with van der Waals surface area (Å²) in [5, 5.41) is 0. The Bertz CT molecular complexity index is 638. The van der Waals surface area contributed by atoms with E-state index in [1.165, 1.54) is 14.7 Å². The standard InChI is InChI=1S/C17H19IO2S/c1-12-7-9-14(10-8-12)21(19)11-16(20-3)15-6-4-5-13(2)17(15)18/h4-10,16H,11H2,1-3H3/t16-,21+/m0/s1. The minimum atomic E-state index is -1.07. The largest absolute Gasteiger partial charge is 0.376 e. The van der Waals surface area contributed by atoms with E-state index in [1.807, 2.05) is 37.3 Å². The summed E-state index contributed by atoms with van der Waals surface area (Å²) in [6, 6.07) is 14.0. The zero-order chi connectivity index (χ0) is 15.4. The number of halogens is 1. The fraction of sp³-hybridized carbons (Fsp3) is 0.294. The van der Waals surface area contributed by atoms with Gasteiger partial charge in [-0.05, 0) is 59.7 Å². The first kappa shape index (κ1) is 16.6. The Morgan fingerprint density at radius 3 is 2.43 bits per heavy atom. The second-order valence-corrected chi connectivity index (χ2v) is 7.60. The summed E-state index contributed by atoms with van der Waals surface area (Å²) in [6.45, 7) is 4.11. The Hall–Kier alpha value is -0.720. The van der Waals surface area contributed by atoms with Crippen LogP contribution in [0.4, 0.5) is 0 Å². The molecular weight excluding hydrogens is 395 g/mol. The van der Waals surface area contributed by atoms with Gasteiger partial charge in [0.15, 0.2) is 0 Å². The van der Waals surface area contributed by atoms with Crippen LogP contribution < -0.4 is 0 Å². The van der Waals surface area contributed by atoms with Crippen LogP contribution in [0.25, 0.3) is 0 Å². The van der Waals surface area contributed by atoms with Gasteiger partial charge < -0.3 is 4.74 Å². The topological polar surface area (TPSA) is 26.3 Å². The van der Waals surface area contributed by atoms with Gasteiger partial charge in [0, 0.05) is 15.6 Å². The lowest BCUT2D eigenvalue weighted by molar-refractivity contribution is 0.122. The molecule has 0 saturated heterocycles. The lowest BCUT2D eigenvalue weighted by Gasteiger charge is -2.18. The Morgan fingerprint density at radius 1 is 1.14 bits per heavy atom. The van der Waals surface area contributed by atoms with Gasteiger partial charge in [-0.25, -0.2) is 0 Å². The van der Waals surface area contributed by atoms with Crippen LogP contribution in [0.3, 0.4) is 0 Å². The van der Waals surface area contributed by atoms with Gasteiger partial charge in [0.2, 0.25) is 0 Å². The van der Waals surface area contributed by atoms with Crippen LogP contribution in [0.5, 0.6) is 0 Å². The summed E-state index contributed by atoms with van der Waals surface area (Å²) in [5.74, 6) is 0.471. The normalized spacial score (nSPS) is 13.9. The summed E-state index contributed by atoms with van der Waals surface area (Å²) in [5.41, 5.74) is 3.50. The second-order valence-electron chi connectivity index (χ2n) is 5.03. The molecule has 2 aromatic carbocycles. The maximum Gasteiger partial charge on any atom is 0.0950 e. The lowest BCUT2D eigenvalue weighted by atomic mass is 10.1. The molecule has 21 heavy (non-hydrogen) atoms. The third-order valence-electron chi connectivity index (χ3n) is 3.44. The molecule has 0 spiro atoms. The van der Waals surface area contributed by atoms with E-state index in [2.05, 4.69) is 41.6 Å². The maximum absolute atomic E-state index is 12.5. The molecule has 0 amide bonds. The predicted molar refractivity (Wildman–Crippen MR) is 96.1 cm³/mol. The lowest BCUT2D eigenvalue weighted by Crippen LogP contribution is -2.13. The van der Waals surface area contributed by atoms with Crippen molar-refractivity contribution in [1.29, 1.82) is 0 Å². The molecule has 2 aromatic rings. The summed E-state index contributed by atoms with van der Waals surface area (Å²) >= 11 is 2.33. The quantitative estimate of drug-likeness (QED) is 0.678. The van der Waals surface area contributed by atoms with Crippen LogP contribution in [0.1, 0.15) is 22.8 Å². The fourth-order valence-electron chi connectivity index (χ4n) is 2.13. The van der Waals surface area contributed by atoms with Crippen molar-refractivity contribution >= 4 is 33.4 Å². The van der Waals surface area contributed by atoms with Crippen molar-refractivity contribution in [2.24, 2.45) is 0 Å². The molecule has 0 aliphatic heterocycles. The van der Waals surface area contributed by atoms with Crippen LogP contribution in [0.2, 0.25) is 0 Å². The van der Waals surface area contributed by atoms with E-state index in [0.717, 1.165) is 10.5 Å². The molecule has 2 nitrogen and oxygen atoms in total. The zero-order valence-electron chi connectivity index (χ0n) is 12.4. The molecule has 2 rings (SSSR count). The highest BCUT2D eigenvalue weighted by atomic mass is 127. The molecule has 0 radical (unpaired) electrons. The van der Waals surface area contributed by atoms with Gasteiger partial charge in [0.1, 0.15) is 0 Å². The number of ether oxygens (including phenoxy) is 1. The summed E-state index contributed by atoms with van der Waals surface area (Å²) in [4.78, 5) is 0.852. The van der Waals surface area contributed by atoms with Crippen molar-refractivity contribution < 1.29 is 8.95 Å². The maximum atomic E-state index is 12.5. The first-order chi connectivity index (χ1) is 10.0. The van der Waals surface area contributed by atoms with Gasteiger partial charge in [-0.2, -0.15) is 0 Å². The zero-order valence-corrected chi connectivity index (χ0v) is 15.4. The van der Waals surface area contributed by atoms with E-state index >= 15 is 0 Å². The van der Waals surface area contributed by atoms with Gasteiger partial charge in [-0.1, -0.05) is 35.9 Å². The van der Waals surface area contributed by atoms with Crippen LogP contribution in [-0.4, -0.2) is 17.1 Å². The monoisotopic (exact) mass is 414 g/mol. The number of methoxy groups -OCH3 is 1. The van der Waals surface area contributed by atoms with E-state index in [1.54, 1.807) is 7.11 Å². The van der Waals surface area contributed by atoms with Gasteiger partial charge in [0.05, 0.1) is 22.7 Å². The Morgan fingerprint density at radius 2 is 1.81 bits per heavy atom. The minimum Gasteiger partial charge on any atom is -0.376 e. The van der Waals surface area contributed by atoms with Crippen molar-refractivity contribution in [3.05, 3.63) is 62.7 Å². The fourth-order valence-corrected chi connectivity index (χ4v) is 4.06. The number of benzene rings is 2. The molecule has 0 fully saturated rings. The highest BCUT2D eigenvalue weighted by Crippen LogP contribution is 2.27. The van der Waals surface area contributed by atoms with E-state index in [4.69, 9.17) is 4.74 Å². The summed E-state index contributed by atoms with van der Waals surface area (Å²) < 4.78 is 19.3. The Kier molecular flexibility index (Phi) is 5.96. The van der Waals surface area contributed by atoms with Gasteiger partial charge in [-0.15, -0.1) is 0 Å². The molecule has 0 unspecified atom stereocenters. The molecule has 0 saturated carbocycles. The molecule has 2 atom stereocenters. The molecule has 4 heteroatoms. The third kappa shape index (κ3) is 4.14. The van der Waals surface area contributed by atoms with Crippen LogP contribution in [-0.2, 0) is 15.5 Å². The van der Waals surface area contributed by atoms with Crippen molar-refractivity contribution in [1.82, 2.24) is 0 Å². The first-order valence-corrected chi connectivity index (χ1v) is 9.15. The van der Waals surface area contributed by atoms with Crippen LogP contribution in [0, 0.1) is 17.4 Å². The van der Waals surface area contributed by atoms with Gasteiger partial charge in [0.25, 0.3) is 0 Å². The first-order valence-electron chi connectivity index (χ1n) is 6.75. The molecule has 0 bridgehead atoms. The minimum absolute atomic E-state index is 0.154. The number of hydrogen-bond acceptors (Lipinski definition) is 2. The molecule has 112 valence electrons. The second kappa shape index (κ2) is 7.51. The van der Waals surface area contributed by atoms with Gasteiger partial charge >= 0.3 is 0 Å². The molecule has 0 N–H and O–H groups in total. The average Bonchev–Trinajstić information content (AvgIpc) is 2.48. The van der Waals surface area contributed by atoms with Crippen LogP contribution >= 0.6 is 22.6 Å². The van der Waals surface area contributed by atoms with Crippen LogP contribution in [0.15, 0.2) is 47.4 Å².